The first-order valence-electron chi connectivity index (χ1n) is 35.0. The normalized spacial score (nSPS) is 11.2. The minimum atomic E-state index is -4.84. The van der Waals surface area contributed by atoms with Gasteiger partial charge in [0.25, 0.3) is 47.3 Å². The minimum absolute atomic E-state index is 0.00580. The molecule has 0 aliphatic heterocycles. The third kappa shape index (κ3) is 24.1. The van der Waals surface area contributed by atoms with Crippen molar-refractivity contribution in [2.24, 2.45) is 0 Å². The standard InChI is InChI=1S/C21H19ClF3N5O2.C19H13Br2ClF3N5O2.C19H13Cl3F3N5O2.C18H13BrCl3N5O2/c1-11(2)27-19(31)13-7-4-6-12(3)17(13)28-20(32)15-10-16(21(23,24)25)29-30(15)18-14(22)8-5-9-26-18;1-29(2)18(32)10-6-9(20)7-11(21)15(10)27-17(31)13-8-14(19(23,24)25)28-30(13)16-12(22)4-3-5-26-16;1-29(2)18(32)10-6-9(20)7-12(22)15(10)27-17(31)13-8-14(19(23,24)25)28-30(13)16-11(21)4-3-5-26-16;1-26(2)18(29)10-6-9(20)7-12(22)15(10)24-17(28)13-8-14(19)25-27(13)16-11(21)4-3-5-23-16/h4-11H,1-3H3,(H,27,31)(H,28,32);2*3-8H,1-2H3,(H,27,31);3-8H,1-2H3,(H,24,28). The van der Waals surface area contributed by atoms with Gasteiger partial charge in [-0.25, -0.2) is 38.7 Å². The van der Waals surface area contributed by atoms with E-state index in [9.17, 15) is 77.9 Å². The van der Waals surface area contributed by atoms with Crippen LogP contribution in [0.5, 0.6) is 0 Å². The Morgan fingerprint density at radius 2 is 0.680 bits per heavy atom. The molecular weight excluding hydrogens is 2030 g/mol. The number of hydrogen-bond acceptors (Lipinski definition) is 16. The number of nitrogens with one attached hydrogen (secondary N) is 5. The number of halogens is 20. The van der Waals surface area contributed by atoms with E-state index in [-0.39, 0.29) is 121 Å². The third-order valence-corrected chi connectivity index (χ3v) is 20.0. The van der Waals surface area contributed by atoms with Crippen LogP contribution in [0.25, 0.3) is 23.3 Å². The Hall–Kier alpha value is -10.8. The fraction of sp³-hybridized carbons (Fsp3) is 0.169. The summed E-state index contributed by atoms with van der Waals surface area (Å²) in [4.78, 5) is 122. The minimum Gasteiger partial charge on any atom is -0.350 e. The Balaban J connectivity index is 0.000000189. The van der Waals surface area contributed by atoms with Crippen molar-refractivity contribution < 1.29 is 77.9 Å². The molecular formula is C77H58Br3Cl8F9N20O8. The molecule has 48 heteroatoms. The summed E-state index contributed by atoms with van der Waals surface area (Å²) < 4.78 is 125. The van der Waals surface area contributed by atoms with Crippen molar-refractivity contribution in [3.63, 3.8) is 0 Å². The molecule has 0 saturated carbocycles. The van der Waals surface area contributed by atoms with Crippen molar-refractivity contribution in [1.82, 2.24) is 79.1 Å². The van der Waals surface area contributed by atoms with Gasteiger partial charge in [0, 0.05) is 116 Å². The lowest BCUT2D eigenvalue weighted by Gasteiger charge is -2.17. The van der Waals surface area contributed by atoms with Gasteiger partial charge in [0.1, 0.15) is 27.4 Å². The molecule has 28 nitrogen and oxygen atoms in total. The molecule has 8 aromatic heterocycles. The Labute approximate surface area is 767 Å². The number of pyridine rings is 4. The zero-order valence-electron chi connectivity index (χ0n) is 65.0. The van der Waals surface area contributed by atoms with Gasteiger partial charge in [-0.15, -0.1) is 0 Å². The molecule has 8 amide bonds. The van der Waals surface area contributed by atoms with Crippen LogP contribution >= 0.6 is 141 Å². The number of carbonyl (C=O) groups is 8. The van der Waals surface area contributed by atoms with E-state index >= 15 is 0 Å². The molecule has 0 bridgehead atoms. The average Bonchev–Trinajstić information content (AvgIpc) is 1.64. The van der Waals surface area contributed by atoms with Crippen LogP contribution in [0.1, 0.15) is 120 Å². The zero-order chi connectivity index (χ0) is 92.5. The molecule has 0 aliphatic rings. The number of amides is 8. The van der Waals surface area contributed by atoms with E-state index in [0.717, 1.165) is 4.68 Å². The summed E-state index contributed by atoms with van der Waals surface area (Å²) in [7, 11) is 9.15. The number of aromatic nitrogens is 12. The van der Waals surface area contributed by atoms with Crippen LogP contribution in [-0.2, 0) is 18.5 Å². The Kier molecular flexibility index (Phi) is 32.2. The van der Waals surface area contributed by atoms with Gasteiger partial charge in [0.05, 0.1) is 75.1 Å². The van der Waals surface area contributed by atoms with Gasteiger partial charge in [0.2, 0.25) is 0 Å². The molecule has 125 heavy (non-hydrogen) atoms. The highest BCUT2D eigenvalue weighted by Crippen LogP contribution is 2.40. The number of alkyl halides is 9. The Bertz CT molecular complexity index is 6000. The summed E-state index contributed by atoms with van der Waals surface area (Å²) in [5.41, 5.74) is -4.07. The number of hydrogen-bond donors (Lipinski definition) is 5. The SMILES string of the molecule is CN(C)C(=O)c1cc(Br)cc(Br)c1NC(=O)c1cc(C(F)(F)F)nn1-c1ncccc1Cl.CN(C)C(=O)c1cc(Cl)cc(Cl)c1NC(=O)c1cc(Br)nn1-c1ncccc1Cl.CN(C)C(=O)c1cc(Cl)cc(Cl)c1NC(=O)c1cc(C(F)(F)F)nn1-c1ncccc1Cl.Cc1cccc(C(=O)NC(C)C)c1NC(=O)c1cc(C(F)(F)F)nn1-c1ncccc1Cl. The van der Waals surface area contributed by atoms with E-state index in [1.165, 1.54) is 151 Å². The summed E-state index contributed by atoms with van der Waals surface area (Å²) in [5, 5.41) is 28.2. The van der Waals surface area contributed by atoms with Gasteiger partial charge < -0.3 is 41.3 Å². The lowest BCUT2D eigenvalue weighted by Crippen LogP contribution is -2.31. The number of carbonyl (C=O) groups excluding carboxylic acids is 8. The molecule has 0 atom stereocenters. The van der Waals surface area contributed by atoms with Gasteiger partial charge in [-0.3, -0.25) is 38.4 Å². The van der Waals surface area contributed by atoms with Crippen LogP contribution in [0, 0.1) is 6.92 Å². The second-order valence-electron chi connectivity index (χ2n) is 26.4. The predicted octanol–water partition coefficient (Wildman–Crippen LogP) is 20.2. The van der Waals surface area contributed by atoms with E-state index in [1.807, 2.05) is 0 Å². The maximum absolute atomic E-state index is 13.3. The third-order valence-electron chi connectivity index (χ3n) is 16.3. The molecule has 8 heterocycles. The molecule has 0 radical (unpaired) electrons. The topological polar surface area (TPSA) is 329 Å². The van der Waals surface area contributed by atoms with Crippen LogP contribution < -0.4 is 26.6 Å². The summed E-state index contributed by atoms with van der Waals surface area (Å²) in [5.74, 6) is -5.46. The van der Waals surface area contributed by atoms with Crippen LogP contribution in [0.3, 0.4) is 0 Å². The number of aryl methyl sites for hydroxylation is 1. The first-order chi connectivity index (χ1) is 58.5. The number of benzene rings is 4. The average molecular weight is 2090 g/mol. The van der Waals surface area contributed by atoms with E-state index in [4.69, 9.17) is 92.8 Å². The summed E-state index contributed by atoms with van der Waals surface area (Å²) in [6, 6.07) is 28.3. The lowest BCUT2D eigenvalue weighted by molar-refractivity contribution is -0.142. The molecule has 654 valence electrons. The number of para-hydroxylation sites is 1. The molecule has 0 aliphatic carbocycles. The van der Waals surface area contributed by atoms with Crippen LogP contribution in [0.2, 0.25) is 40.2 Å². The fourth-order valence-electron chi connectivity index (χ4n) is 10.7. The Morgan fingerprint density at radius 1 is 0.368 bits per heavy atom. The first kappa shape index (κ1) is 98.0. The Morgan fingerprint density at radius 3 is 1.00 bits per heavy atom. The molecule has 0 fully saturated rings. The quantitative estimate of drug-likeness (QED) is 0.0529. The van der Waals surface area contributed by atoms with E-state index < -0.39 is 94.0 Å². The molecule has 0 saturated heterocycles. The zero-order valence-corrected chi connectivity index (χ0v) is 75.9. The highest BCUT2D eigenvalue weighted by Gasteiger charge is 2.41. The largest absolute Gasteiger partial charge is 0.435 e. The van der Waals surface area contributed by atoms with Crippen molar-refractivity contribution >= 4 is 211 Å². The smallest absolute Gasteiger partial charge is 0.350 e. The fourth-order valence-corrected chi connectivity index (χ4v) is 14.3. The summed E-state index contributed by atoms with van der Waals surface area (Å²) in [6.45, 7) is 5.22. The van der Waals surface area contributed by atoms with Crippen molar-refractivity contribution in [3.8, 4) is 23.3 Å². The monoisotopic (exact) mass is 2080 g/mol. The van der Waals surface area contributed by atoms with Gasteiger partial charge in [0.15, 0.2) is 40.4 Å². The molecule has 12 aromatic rings. The summed E-state index contributed by atoms with van der Waals surface area (Å²) >= 11 is 58.6. The highest BCUT2D eigenvalue weighted by molar-refractivity contribution is 9.11. The molecule has 0 spiro atoms. The first-order valence-corrected chi connectivity index (χ1v) is 40.4. The van der Waals surface area contributed by atoms with Gasteiger partial charge in [-0.1, -0.05) is 121 Å². The van der Waals surface area contributed by atoms with Gasteiger partial charge in [-0.05, 0) is 149 Å². The number of rotatable bonds is 17. The maximum Gasteiger partial charge on any atom is 0.435 e. The van der Waals surface area contributed by atoms with Crippen LogP contribution in [0.4, 0.5) is 62.3 Å². The van der Waals surface area contributed by atoms with Gasteiger partial charge in [-0.2, -0.15) is 59.9 Å². The van der Waals surface area contributed by atoms with Crippen molar-refractivity contribution in [1.29, 1.82) is 0 Å². The van der Waals surface area contributed by atoms with E-state index in [1.54, 1.807) is 65.2 Å². The van der Waals surface area contributed by atoms with E-state index in [2.05, 4.69) is 115 Å². The second kappa shape index (κ2) is 41.1. The van der Waals surface area contributed by atoms with Crippen LogP contribution in [0.15, 0.2) is 166 Å². The molecule has 5 N–H and O–H groups in total. The molecule has 4 aromatic carbocycles. The van der Waals surface area contributed by atoms with E-state index in [0.29, 0.717) is 51.7 Å². The van der Waals surface area contributed by atoms with Crippen molar-refractivity contribution in [2.45, 2.75) is 45.3 Å². The predicted molar refractivity (Wildman–Crippen MR) is 463 cm³/mol. The maximum atomic E-state index is 13.3. The van der Waals surface area contributed by atoms with Crippen molar-refractivity contribution in [3.05, 3.63) is 274 Å². The lowest BCUT2D eigenvalue weighted by atomic mass is 10.1. The number of anilines is 4. The van der Waals surface area contributed by atoms with Gasteiger partial charge >= 0.3 is 18.5 Å². The highest BCUT2D eigenvalue weighted by atomic mass is 79.9. The van der Waals surface area contributed by atoms with Crippen molar-refractivity contribution in [2.75, 3.05) is 63.6 Å². The molecule has 0 unspecified atom stereocenters. The summed E-state index contributed by atoms with van der Waals surface area (Å²) in [6.07, 6.45) is -9.03. The number of nitrogens with zero attached hydrogens (tertiary/aromatic N) is 15. The molecule has 12 rings (SSSR count). The second-order valence-corrected chi connectivity index (χ2v) is 32.3. The van der Waals surface area contributed by atoms with Crippen LogP contribution in [-0.4, -0.2) is 169 Å².